The van der Waals surface area contributed by atoms with Crippen LogP contribution in [-0.2, 0) is 26.1 Å². The molecule has 0 saturated carbocycles. The first kappa shape index (κ1) is 14.6. The standard InChI is InChI=1S/C14H21N7O/c1-11(9-20-7-4-6-15-20)16-14(22)19(2)10-13-18-17-12-5-3-8-21(12)13/h4,6-7,11H,3,5,8-10H2,1-2H3,(H,16,22). The zero-order valence-electron chi connectivity index (χ0n) is 12.9. The van der Waals surface area contributed by atoms with Crippen molar-refractivity contribution >= 4 is 6.03 Å². The van der Waals surface area contributed by atoms with Crippen LogP contribution in [0.3, 0.4) is 0 Å². The fourth-order valence-electron chi connectivity index (χ4n) is 2.67. The van der Waals surface area contributed by atoms with Gasteiger partial charge in [-0.25, -0.2) is 4.79 Å². The molecule has 0 bridgehead atoms. The van der Waals surface area contributed by atoms with Crippen molar-refractivity contribution in [3.8, 4) is 0 Å². The minimum Gasteiger partial charge on any atom is -0.334 e. The topological polar surface area (TPSA) is 80.9 Å². The molecule has 0 aliphatic carbocycles. The van der Waals surface area contributed by atoms with E-state index in [0.717, 1.165) is 31.0 Å². The quantitative estimate of drug-likeness (QED) is 0.879. The first-order valence-electron chi connectivity index (χ1n) is 7.53. The normalized spacial score (nSPS) is 14.6. The molecule has 118 valence electrons. The minimum absolute atomic E-state index is 0.000959. The smallest absolute Gasteiger partial charge is 0.317 e. The number of rotatable bonds is 5. The molecule has 22 heavy (non-hydrogen) atoms. The lowest BCUT2D eigenvalue weighted by Crippen LogP contribution is -2.43. The largest absolute Gasteiger partial charge is 0.334 e. The van der Waals surface area contributed by atoms with Gasteiger partial charge >= 0.3 is 6.03 Å². The molecule has 3 heterocycles. The summed E-state index contributed by atoms with van der Waals surface area (Å²) in [5.41, 5.74) is 0. The molecule has 0 spiro atoms. The Bertz CT molecular complexity index is 634. The van der Waals surface area contributed by atoms with Crippen LogP contribution in [0.2, 0.25) is 0 Å². The Labute approximate surface area is 129 Å². The number of amides is 2. The van der Waals surface area contributed by atoms with Gasteiger partial charge in [-0.3, -0.25) is 4.68 Å². The van der Waals surface area contributed by atoms with Crippen LogP contribution in [0.25, 0.3) is 0 Å². The third-order valence-electron chi connectivity index (χ3n) is 3.80. The Hall–Kier alpha value is -2.38. The van der Waals surface area contributed by atoms with Crippen LogP contribution < -0.4 is 5.32 Å². The number of nitrogens with one attached hydrogen (secondary N) is 1. The molecule has 0 saturated heterocycles. The van der Waals surface area contributed by atoms with Crippen LogP contribution in [0.1, 0.15) is 25.0 Å². The number of hydrogen-bond acceptors (Lipinski definition) is 4. The van der Waals surface area contributed by atoms with Crippen molar-refractivity contribution in [2.75, 3.05) is 7.05 Å². The lowest BCUT2D eigenvalue weighted by atomic mass is 10.3. The number of aromatic nitrogens is 5. The van der Waals surface area contributed by atoms with E-state index in [1.54, 1.807) is 22.8 Å². The van der Waals surface area contributed by atoms with E-state index in [-0.39, 0.29) is 12.1 Å². The predicted molar refractivity (Wildman–Crippen MR) is 80.0 cm³/mol. The van der Waals surface area contributed by atoms with Crippen LogP contribution >= 0.6 is 0 Å². The second-order valence-electron chi connectivity index (χ2n) is 5.72. The molecule has 1 aliphatic rings. The number of nitrogens with zero attached hydrogens (tertiary/aromatic N) is 6. The summed E-state index contributed by atoms with van der Waals surface area (Å²) in [4.78, 5) is 13.9. The maximum atomic E-state index is 12.2. The highest BCUT2D eigenvalue weighted by molar-refractivity contribution is 5.74. The average molecular weight is 303 g/mol. The first-order valence-corrected chi connectivity index (χ1v) is 7.53. The van der Waals surface area contributed by atoms with E-state index in [4.69, 9.17) is 0 Å². The zero-order valence-corrected chi connectivity index (χ0v) is 12.9. The molecule has 1 N–H and O–H groups in total. The van der Waals surface area contributed by atoms with Crippen LogP contribution in [0.5, 0.6) is 0 Å². The van der Waals surface area contributed by atoms with Crippen molar-refractivity contribution in [1.82, 2.24) is 34.8 Å². The Morgan fingerprint density at radius 2 is 2.36 bits per heavy atom. The van der Waals surface area contributed by atoms with Crippen molar-refractivity contribution in [3.63, 3.8) is 0 Å². The van der Waals surface area contributed by atoms with Crippen molar-refractivity contribution < 1.29 is 4.79 Å². The molecule has 0 aromatic carbocycles. The molecule has 8 heteroatoms. The summed E-state index contributed by atoms with van der Waals surface area (Å²) in [6, 6.07) is 1.75. The van der Waals surface area contributed by atoms with Gasteiger partial charge in [0.25, 0.3) is 0 Å². The molecule has 2 aromatic heterocycles. The lowest BCUT2D eigenvalue weighted by Gasteiger charge is -2.21. The molecule has 0 radical (unpaired) electrons. The molecule has 8 nitrogen and oxygen atoms in total. The summed E-state index contributed by atoms with van der Waals surface area (Å²) < 4.78 is 3.91. The first-order chi connectivity index (χ1) is 10.6. The summed E-state index contributed by atoms with van der Waals surface area (Å²) in [5.74, 6) is 1.88. The Kier molecular flexibility index (Phi) is 4.08. The lowest BCUT2D eigenvalue weighted by molar-refractivity contribution is 0.200. The van der Waals surface area contributed by atoms with E-state index >= 15 is 0 Å². The fraction of sp³-hybridized carbons (Fsp3) is 0.571. The second-order valence-corrected chi connectivity index (χ2v) is 5.72. The number of aryl methyl sites for hydroxylation is 1. The zero-order chi connectivity index (χ0) is 15.5. The Morgan fingerprint density at radius 3 is 3.14 bits per heavy atom. The van der Waals surface area contributed by atoms with Gasteiger partial charge in [0.05, 0.1) is 13.1 Å². The van der Waals surface area contributed by atoms with E-state index in [9.17, 15) is 4.79 Å². The third-order valence-corrected chi connectivity index (χ3v) is 3.80. The minimum atomic E-state index is -0.116. The van der Waals surface area contributed by atoms with Gasteiger partial charge in [0.1, 0.15) is 5.82 Å². The highest BCUT2D eigenvalue weighted by Crippen LogP contribution is 2.14. The maximum absolute atomic E-state index is 12.2. The van der Waals surface area contributed by atoms with Gasteiger partial charge in [-0.2, -0.15) is 5.10 Å². The van der Waals surface area contributed by atoms with E-state index in [2.05, 4.69) is 25.2 Å². The van der Waals surface area contributed by atoms with Crippen LogP contribution in [0, 0.1) is 0 Å². The molecule has 2 amide bonds. The third kappa shape index (κ3) is 3.10. The Morgan fingerprint density at radius 1 is 1.50 bits per heavy atom. The summed E-state index contributed by atoms with van der Waals surface area (Å²) in [6.07, 6.45) is 5.69. The van der Waals surface area contributed by atoms with Crippen LogP contribution in [-0.4, -0.2) is 48.6 Å². The molecule has 2 aromatic rings. The number of fused-ring (bicyclic) bond motifs is 1. The molecule has 1 aliphatic heterocycles. The van der Waals surface area contributed by atoms with Crippen molar-refractivity contribution in [2.45, 2.75) is 45.4 Å². The molecule has 0 fully saturated rings. The highest BCUT2D eigenvalue weighted by Gasteiger charge is 2.20. The highest BCUT2D eigenvalue weighted by atomic mass is 16.2. The van der Waals surface area contributed by atoms with Gasteiger partial charge in [0, 0.05) is 38.4 Å². The monoisotopic (exact) mass is 303 g/mol. The summed E-state index contributed by atoms with van der Waals surface area (Å²) >= 11 is 0. The maximum Gasteiger partial charge on any atom is 0.317 e. The molecular weight excluding hydrogens is 282 g/mol. The van der Waals surface area contributed by atoms with E-state index in [1.807, 2.05) is 19.2 Å². The van der Waals surface area contributed by atoms with Gasteiger partial charge in [0.15, 0.2) is 5.82 Å². The van der Waals surface area contributed by atoms with Crippen molar-refractivity contribution in [2.24, 2.45) is 0 Å². The van der Waals surface area contributed by atoms with E-state index in [1.165, 1.54) is 0 Å². The number of carbonyl (C=O) groups is 1. The molecular formula is C14H21N7O. The second kappa shape index (κ2) is 6.17. The summed E-state index contributed by atoms with van der Waals surface area (Å²) in [5, 5.41) is 15.4. The predicted octanol–water partition coefficient (Wildman–Crippen LogP) is 0.651. The van der Waals surface area contributed by atoms with E-state index in [0.29, 0.717) is 13.1 Å². The van der Waals surface area contributed by atoms with Crippen LogP contribution in [0.4, 0.5) is 4.79 Å². The Balaban J connectivity index is 1.53. The van der Waals surface area contributed by atoms with E-state index < -0.39 is 0 Å². The molecule has 1 atom stereocenters. The van der Waals surface area contributed by atoms with Gasteiger partial charge in [-0.15, -0.1) is 10.2 Å². The SMILES string of the molecule is CC(Cn1cccn1)NC(=O)N(C)Cc1nnc2n1CCC2. The fourth-order valence-corrected chi connectivity index (χ4v) is 2.67. The summed E-state index contributed by atoms with van der Waals surface area (Å²) in [6.45, 7) is 4.02. The van der Waals surface area contributed by atoms with Crippen molar-refractivity contribution in [1.29, 1.82) is 0 Å². The van der Waals surface area contributed by atoms with Gasteiger partial charge in [-0.1, -0.05) is 0 Å². The number of hydrogen-bond donors (Lipinski definition) is 1. The van der Waals surface area contributed by atoms with Crippen LogP contribution in [0.15, 0.2) is 18.5 Å². The molecule has 3 rings (SSSR count). The average Bonchev–Trinajstić information content (AvgIpc) is 3.17. The number of carbonyl (C=O) groups excluding carboxylic acids is 1. The van der Waals surface area contributed by atoms with Gasteiger partial charge in [-0.05, 0) is 19.4 Å². The van der Waals surface area contributed by atoms with Gasteiger partial charge < -0.3 is 14.8 Å². The number of urea groups is 1. The summed E-state index contributed by atoms with van der Waals surface area (Å²) in [7, 11) is 1.77. The van der Waals surface area contributed by atoms with Crippen molar-refractivity contribution in [3.05, 3.63) is 30.1 Å². The van der Waals surface area contributed by atoms with Gasteiger partial charge in [0.2, 0.25) is 0 Å². The molecule has 1 unspecified atom stereocenters.